The molecule has 0 saturated heterocycles. The lowest BCUT2D eigenvalue weighted by molar-refractivity contribution is 0.0945. The Labute approximate surface area is 147 Å². The molecule has 0 fully saturated rings. The van der Waals surface area contributed by atoms with E-state index in [-0.39, 0.29) is 5.91 Å². The highest BCUT2D eigenvalue weighted by Crippen LogP contribution is 2.14. The van der Waals surface area contributed by atoms with Gasteiger partial charge < -0.3 is 10.1 Å². The maximum absolute atomic E-state index is 12.4. The second-order valence-electron chi connectivity index (χ2n) is 5.68. The fourth-order valence-electron chi connectivity index (χ4n) is 2.60. The number of carbonyl (C=O) groups is 1. The SMILES string of the molecule is CCOc1cccc(CNC(=O)c2cc(C)n(-c3ccccc3)n2)c1. The number of hydrogen-bond acceptors (Lipinski definition) is 3. The minimum absolute atomic E-state index is 0.195. The Bertz CT molecular complexity index is 856. The number of para-hydroxylation sites is 1. The monoisotopic (exact) mass is 335 g/mol. The molecule has 1 heterocycles. The van der Waals surface area contributed by atoms with Gasteiger partial charge in [-0.15, -0.1) is 0 Å². The Morgan fingerprint density at radius 1 is 1.12 bits per heavy atom. The van der Waals surface area contributed by atoms with Gasteiger partial charge in [-0.25, -0.2) is 4.68 Å². The van der Waals surface area contributed by atoms with E-state index in [1.165, 1.54) is 0 Å². The second-order valence-corrected chi connectivity index (χ2v) is 5.68. The van der Waals surface area contributed by atoms with Crippen molar-refractivity contribution in [2.45, 2.75) is 20.4 Å². The van der Waals surface area contributed by atoms with Gasteiger partial charge in [-0.2, -0.15) is 5.10 Å². The molecule has 0 aliphatic rings. The van der Waals surface area contributed by atoms with Crippen molar-refractivity contribution in [1.29, 1.82) is 0 Å². The summed E-state index contributed by atoms with van der Waals surface area (Å²) in [6.45, 7) is 4.92. The van der Waals surface area contributed by atoms with Gasteiger partial charge in [-0.05, 0) is 49.7 Å². The van der Waals surface area contributed by atoms with Crippen LogP contribution in [-0.4, -0.2) is 22.3 Å². The van der Waals surface area contributed by atoms with Gasteiger partial charge in [0.2, 0.25) is 0 Å². The predicted octanol–water partition coefficient (Wildman–Crippen LogP) is 3.51. The van der Waals surface area contributed by atoms with Gasteiger partial charge in [0.15, 0.2) is 5.69 Å². The molecule has 2 aromatic carbocycles. The summed E-state index contributed by atoms with van der Waals surface area (Å²) >= 11 is 0. The lowest BCUT2D eigenvalue weighted by atomic mass is 10.2. The van der Waals surface area contributed by atoms with Crippen molar-refractivity contribution in [1.82, 2.24) is 15.1 Å². The standard InChI is InChI=1S/C20H21N3O2/c1-3-25-18-11-7-8-16(13-18)14-21-20(24)19-12-15(2)23(22-19)17-9-5-4-6-10-17/h4-13H,3,14H2,1-2H3,(H,21,24). The number of aromatic nitrogens is 2. The van der Waals surface area contributed by atoms with Crippen LogP contribution in [0.2, 0.25) is 0 Å². The first-order valence-electron chi connectivity index (χ1n) is 8.29. The fourth-order valence-corrected chi connectivity index (χ4v) is 2.60. The lowest BCUT2D eigenvalue weighted by Crippen LogP contribution is -2.23. The molecule has 0 aliphatic carbocycles. The van der Waals surface area contributed by atoms with Crippen LogP contribution in [0.3, 0.4) is 0 Å². The molecular formula is C20H21N3O2. The quantitative estimate of drug-likeness (QED) is 0.750. The molecule has 5 nitrogen and oxygen atoms in total. The number of nitrogens with zero attached hydrogens (tertiary/aromatic N) is 2. The summed E-state index contributed by atoms with van der Waals surface area (Å²) in [6.07, 6.45) is 0. The third kappa shape index (κ3) is 4.07. The summed E-state index contributed by atoms with van der Waals surface area (Å²) in [4.78, 5) is 12.4. The van der Waals surface area contributed by atoms with E-state index in [1.54, 1.807) is 10.7 Å². The maximum Gasteiger partial charge on any atom is 0.272 e. The highest BCUT2D eigenvalue weighted by molar-refractivity contribution is 5.92. The highest BCUT2D eigenvalue weighted by atomic mass is 16.5. The van der Waals surface area contributed by atoms with Gasteiger partial charge in [0.25, 0.3) is 5.91 Å². The fraction of sp³-hybridized carbons (Fsp3) is 0.200. The average Bonchev–Trinajstić information content (AvgIpc) is 3.03. The van der Waals surface area contributed by atoms with Crippen molar-refractivity contribution in [2.75, 3.05) is 6.61 Å². The molecular weight excluding hydrogens is 314 g/mol. The molecule has 3 rings (SSSR count). The molecule has 128 valence electrons. The minimum Gasteiger partial charge on any atom is -0.494 e. The highest BCUT2D eigenvalue weighted by Gasteiger charge is 2.13. The first-order valence-corrected chi connectivity index (χ1v) is 8.29. The van der Waals surface area contributed by atoms with Crippen molar-refractivity contribution in [3.8, 4) is 11.4 Å². The van der Waals surface area contributed by atoms with Gasteiger partial charge in [-0.1, -0.05) is 30.3 Å². The summed E-state index contributed by atoms with van der Waals surface area (Å²) in [7, 11) is 0. The molecule has 0 bridgehead atoms. The second kappa shape index (κ2) is 7.66. The Morgan fingerprint density at radius 3 is 2.68 bits per heavy atom. The molecule has 1 N–H and O–H groups in total. The van der Waals surface area contributed by atoms with Crippen molar-refractivity contribution < 1.29 is 9.53 Å². The van der Waals surface area contributed by atoms with Crippen molar-refractivity contribution in [3.63, 3.8) is 0 Å². The molecule has 0 saturated carbocycles. The zero-order chi connectivity index (χ0) is 17.6. The number of rotatable bonds is 6. The molecule has 25 heavy (non-hydrogen) atoms. The van der Waals surface area contributed by atoms with E-state index in [0.717, 1.165) is 22.7 Å². The average molecular weight is 335 g/mol. The van der Waals surface area contributed by atoms with Crippen LogP contribution in [0, 0.1) is 6.92 Å². The van der Waals surface area contributed by atoms with E-state index >= 15 is 0 Å². The molecule has 0 atom stereocenters. The van der Waals surface area contributed by atoms with Crippen molar-refractivity contribution in [2.24, 2.45) is 0 Å². The molecule has 5 heteroatoms. The van der Waals surface area contributed by atoms with E-state index in [0.29, 0.717) is 18.8 Å². The van der Waals surface area contributed by atoms with E-state index in [9.17, 15) is 4.79 Å². The van der Waals surface area contributed by atoms with Crippen LogP contribution in [0.25, 0.3) is 5.69 Å². The molecule has 0 spiro atoms. The number of amides is 1. The zero-order valence-corrected chi connectivity index (χ0v) is 14.4. The Kier molecular flexibility index (Phi) is 5.14. The maximum atomic E-state index is 12.4. The molecule has 0 aliphatic heterocycles. The molecule has 0 radical (unpaired) electrons. The molecule has 1 aromatic heterocycles. The Hall–Kier alpha value is -3.08. The third-order valence-electron chi connectivity index (χ3n) is 3.78. The topological polar surface area (TPSA) is 56.1 Å². The van der Waals surface area contributed by atoms with E-state index < -0.39 is 0 Å². The summed E-state index contributed by atoms with van der Waals surface area (Å²) < 4.78 is 7.25. The van der Waals surface area contributed by atoms with Gasteiger partial charge >= 0.3 is 0 Å². The number of benzene rings is 2. The number of nitrogens with one attached hydrogen (secondary N) is 1. The van der Waals surface area contributed by atoms with E-state index in [1.807, 2.05) is 68.4 Å². The smallest absolute Gasteiger partial charge is 0.272 e. The largest absolute Gasteiger partial charge is 0.494 e. The molecule has 1 amide bonds. The van der Waals surface area contributed by atoms with Gasteiger partial charge in [0, 0.05) is 12.2 Å². The summed E-state index contributed by atoms with van der Waals surface area (Å²) in [5, 5.41) is 7.33. The number of carbonyl (C=O) groups excluding carboxylic acids is 1. The van der Waals surface area contributed by atoms with Crippen LogP contribution < -0.4 is 10.1 Å². The summed E-state index contributed by atoms with van der Waals surface area (Å²) in [6, 6.07) is 19.3. The number of aryl methyl sites for hydroxylation is 1. The summed E-state index contributed by atoms with van der Waals surface area (Å²) in [5.74, 6) is 0.609. The molecule has 0 unspecified atom stereocenters. The Balaban J connectivity index is 1.69. The van der Waals surface area contributed by atoms with Gasteiger partial charge in [0.1, 0.15) is 5.75 Å². The first-order chi connectivity index (χ1) is 12.2. The van der Waals surface area contributed by atoms with Crippen LogP contribution in [0.4, 0.5) is 0 Å². The normalized spacial score (nSPS) is 10.5. The summed E-state index contributed by atoms with van der Waals surface area (Å²) in [5.41, 5.74) is 3.24. The minimum atomic E-state index is -0.195. The predicted molar refractivity (Wildman–Crippen MR) is 97.1 cm³/mol. The first kappa shape index (κ1) is 16.8. The van der Waals surface area contributed by atoms with Crippen molar-refractivity contribution >= 4 is 5.91 Å². The van der Waals surface area contributed by atoms with Gasteiger partial charge in [0.05, 0.1) is 12.3 Å². The van der Waals surface area contributed by atoms with Crippen LogP contribution in [0.1, 0.15) is 28.7 Å². The van der Waals surface area contributed by atoms with Crippen LogP contribution >= 0.6 is 0 Å². The zero-order valence-electron chi connectivity index (χ0n) is 14.4. The van der Waals surface area contributed by atoms with E-state index in [2.05, 4.69) is 10.4 Å². The van der Waals surface area contributed by atoms with E-state index in [4.69, 9.17) is 4.74 Å². The van der Waals surface area contributed by atoms with Crippen LogP contribution in [0.5, 0.6) is 5.75 Å². The Morgan fingerprint density at radius 2 is 1.92 bits per heavy atom. The molecule has 3 aromatic rings. The number of ether oxygens (including phenoxy) is 1. The van der Waals surface area contributed by atoms with Crippen LogP contribution in [-0.2, 0) is 6.54 Å². The third-order valence-corrected chi connectivity index (χ3v) is 3.78. The van der Waals surface area contributed by atoms with Crippen molar-refractivity contribution in [3.05, 3.63) is 77.6 Å². The number of hydrogen-bond donors (Lipinski definition) is 1. The van der Waals surface area contributed by atoms with Gasteiger partial charge in [-0.3, -0.25) is 4.79 Å². The van der Waals surface area contributed by atoms with Crippen LogP contribution in [0.15, 0.2) is 60.7 Å². The lowest BCUT2D eigenvalue weighted by Gasteiger charge is -2.07.